The summed E-state index contributed by atoms with van der Waals surface area (Å²) in [5.41, 5.74) is 0. The molecular weight excluding hydrogens is 288 g/mol. The van der Waals surface area contributed by atoms with Gasteiger partial charge in [0.05, 0.1) is 24.1 Å². The van der Waals surface area contributed by atoms with Crippen LogP contribution in [0.2, 0.25) is 0 Å². The molecule has 118 valence electrons. The van der Waals surface area contributed by atoms with Gasteiger partial charge < -0.3 is 0 Å². The van der Waals surface area contributed by atoms with Crippen molar-refractivity contribution < 1.29 is 8.42 Å². The maximum Gasteiger partial charge on any atom is 0.151 e. The van der Waals surface area contributed by atoms with E-state index in [9.17, 15) is 8.42 Å². The minimum Gasteiger partial charge on any atom is -0.295 e. The summed E-state index contributed by atoms with van der Waals surface area (Å²) in [4.78, 5) is 6.52. The number of hydrogen-bond acceptors (Lipinski definition) is 5. The maximum atomic E-state index is 11.6. The number of sulfone groups is 1. The lowest BCUT2D eigenvalue weighted by Gasteiger charge is -2.26. The van der Waals surface area contributed by atoms with E-state index in [2.05, 4.69) is 19.7 Å². The van der Waals surface area contributed by atoms with Gasteiger partial charge in [-0.15, -0.1) is 0 Å². The van der Waals surface area contributed by atoms with Crippen LogP contribution in [0.25, 0.3) is 0 Å². The first-order valence-corrected chi connectivity index (χ1v) is 9.66. The fraction of sp³-hybridized carbons (Fsp3) is 0.857. The molecule has 0 amide bonds. The van der Waals surface area contributed by atoms with E-state index >= 15 is 0 Å². The molecule has 2 fully saturated rings. The van der Waals surface area contributed by atoms with E-state index in [1.165, 1.54) is 32.1 Å². The van der Waals surface area contributed by atoms with Crippen LogP contribution >= 0.6 is 0 Å². The van der Waals surface area contributed by atoms with Gasteiger partial charge in [-0.25, -0.2) is 18.1 Å². The van der Waals surface area contributed by atoms with Gasteiger partial charge in [0, 0.05) is 6.04 Å². The van der Waals surface area contributed by atoms with Gasteiger partial charge in [-0.2, -0.15) is 5.10 Å². The third kappa shape index (κ3) is 3.45. The molecule has 2 heterocycles. The molecule has 1 aromatic heterocycles. The molecule has 6 nitrogen and oxygen atoms in total. The molecule has 1 aliphatic carbocycles. The highest BCUT2D eigenvalue weighted by molar-refractivity contribution is 7.91. The first-order chi connectivity index (χ1) is 10.1. The van der Waals surface area contributed by atoms with E-state index in [1.54, 1.807) is 6.33 Å². The lowest BCUT2D eigenvalue weighted by atomic mass is 9.95. The zero-order valence-corrected chi connectivity index (χ0v) is 13.4. The molecule has 3 rings (SSSR count). The first kappa shape index (κ1) is 15.0. The Morgan fingerprint density at radius 2 is 2.05 bits per heavy atom. The van der Waals surface area contributed by atoms with Crippen molar-refractivity contribution in [1.82, 2.24) is 19.7 Å². The van der Waals surface area contributed by atoms with Crippen LogP contribution in [0, 0.1) is 0 Å². The van der Waals surface area contributed by atoms with E-state index < -0.39 is 9.84 Å². The second-order valence-electron chi connectivity index (χ2n) is 6.38. The summed E-state index contributed by atoms with van der Waals surface area (Å²) < 4.78 is 25.3. The molecule has 1 saturated carbocycles. The minimum absolute atomic E-state index is 0.117. The molecule has 0 N–H and O–H groups in total. The molecule has 0 unspecified atom stereocenters. The summed E-state index contributed by atoms with van der Waals surface area (Å²) in [6.07, 6.45) is 8.57. The zero-order chi connectivity index (χ0) is 14.9. The molecule has 0 spiro atoms. The van der Waals surface area contributed by atoms with Crippen LogP contribution in [0.4, 0.5) is 0 Å². The number of hydrogen-bond donors (Lipinski definition) is 0. The lowest BCUT2D eigenvalue weighted by molar-refractivity contribution is 0.232. The van der Waals surface area contributed by atoms with Crippen molar-refractivity contribution in [2.24, 2.45) is 0 Å². The summed E-state index contributed by atoms with van der Waals surface area (Å²) in [5, 5.41) is 4.41. The smallest absolute Gasteiger partial charge is 0.151 e. The van der Waals surface area contributed by atoms with Gasteiger partial charge in [0.15, 0.2) is 9.84 Å². The maximum absolute atomic E-state index is 11.6. The lowest BCUT2D eigenvalue weighted by Crippen LogP contribution is -2.33. The summed E-state index contributed by atoms with van der Waals surface area (Å²) in [6, 6.07) is 0.587. The van der Waals surface area contributed by atoms with Gasteiger partial charge >= 0.3 is 0 Å². The average molecular weight is 312 g/mol. The molecule has 1 saturated heterocycles. The quantitative estimate of drug-likeness (QED) is 0.840. The summed E-state index contributed by atoms with van der Waals surface area (Å²) in [7, 11) is -0.843. The highest BCUT2D eigenvalue weighted by Gasteiger charge is 2.31. The topological polar surface area (TPSA) is 68.1 Å². The van der Waals surface area contributed by atoms with Crippen LogP contribution in [-0.2, 0) is 16.4 Å². The third-order valence-corrected chi connectivity index (χ3v) is 6.54. The Hall–Kier alpha value is -0.950. The molecule has 1 aromatic rings. The number of aromatic nitrogens is 3. The molecule has 0 radical (unpaired) electrons. The van der Waals surface area contributed by atoms with E-state index in [-0.39, 0.29) is 11.8 Å². The second-order valence-corrected chi connectivity index (χ2v) is 8.61. The Morgan fingerprint density at radius 1 is 1.29 bits per heavy atom. The van der Waals surface area contributed by atoms with Crippen LogP contribution in [0.15, 0.2) is 6.33 Å². The monoisotopic (exact) mass is 312 g/mol. The fourth-order valence-electron chi connectivity index (χ4n) is 3.49. The highest BCUT2D eigenvalue weighted by atomic mass is 32.2. The van der Waals surface area contributed by atoms with Crippen molar-refractivity contribution in [3.63, 3.8) is 0 Å². The second kappa shape index (κ2) is 6.04. The van der Waals surface area contributed by atoms with Crippen LogP contribution in [0.3, 0.4) is 0 Å². The Balaban J connectivity index is 1.66. The summed E-state index contributed by atoms with van der Waals surface area (Å²) in [6.45, 7) is 0.677. The summed E-state index contributed by atoms with van der Waals surface area (Å²) >= 11 is 0. The van der Waals surface area contributed by atoms with Crippen molar-refractivity contribution in [1.29, 1.82) is 0 Å². The normalized spacial score (nSPS) is 26.5. The number of nitrogens with zero attached hydrogens (tertiary/aromatic N) is 4. The Morgan fingerprint density at radius 3 is 2.71 bits per heavy atom. The SMILES string of the molecule is CN(Cc1ncnn1C1CCCCC1)[C@@H]1CCS(=O)(=O)C1. The average Bonchev–Trinajstić information content (AvgIpc) is 3.06. The van der Waals surface area contributed by atoms with E-state index in [1.807, 2.05) is 7.05 Å². The Kier molecular flexibility index (Phi) is 4.31. The highest BCUT2D eigenvalue weighted by Crippen LogP contribution is 2.28. The van der Waals surface area contributed by atoms with Crippen LogP contribution < -0.4 is 0 Å². The van der Waals surface area contributed by atoms with Crippen LogP contribution in [-0.4, -0.2) is 52.7 Å². The van der Waals surface area contributed by atoms with E-state index in [0.717, 1.165) is 12.2 Å². The van der Waals surface area contributed by atoms with Gasteiger partial charge in [-0.1, -0.05) is 19.3 Å². The van der Waals surface area contributed by atoms with Gasteiger partial charge in [0.1, 0.15) is 12.2 Å². The third-order valence-electron chi connectivity index (χ3n) is 4.79. The van der Waals surface area contributed by atoms with Crippen molar-refractivity contribution in [3.8, 4) is 0 Å². The molecular formula is C14H24N4O2S. The summed E-state index contributed by atoms with van der Waals surface area (Å²) in [5.74, 6) is 1.56. The van der Waals surface area contributed by atoms with Crippen LogP contribution in [0.5, 0.6) is 0 Å². The molecule has 2 aliphatic rings. The van der Waals surface area contributed by atoms with Crippen molar-refractivity contribution in [2.45, 2.75) is 57.2 Å². The first-order valence-electron chi connectivity index (χ1n) is 7.84. The molecule has 1 aliphatic heterocycles. The van der Waals surface area contributed by atoms with Gasteiger partial charge in [-0.05, 0) is 26.3 Å². The zero-order valence-electron chi connectivity index (χ0n) is 12.6. The number of rotatable bonds is 4. The largest absolute Gasteiger partial charge is 0.295 e. The molecule has 21 heavy (non-hydrogen) atoms. The van der Waals surface area contributed by atoms with Gasteiger partial charge in [0.25, 0.3) is 0 Å². The van der Waals surface area contributed by atoms with Crippen molar-refractivity contribution in [3.05, 3.63) is 12.2 Å². The molecule has 1 atom stereocenters. The molecule has 7 heteroatoms. The van der Waals surface area contributed by atoms with Crippen molar-refractivity contribution in [2.75, 3.05) is 18.6 Å². The van der Waals surface area contributed by atoms with Crippen molar-refractivity contribution >= 4 is 9.84 Å². The van der Waals surface area contributed by atoms with Crippen LogP contribution in [0.1, 0.15) is 50.4 Å². The predicted octanol–water partition coefficient (Wildman–Crippen LogP) is 1.40. The molecule has 0 bridgehead atoms. The Labute approximate surface area is 126 Å². The van der Waals surface area contributed by atoms with Gasteiger partial charge in [-0.3, -0.25) is 4.90 Å². The van der Waals surface area contributed by atoms with E-state index in [0.29, 0.717) is 18.3 Å². The minimum atomic E-state index is -2.83. The Bertz CT molecular complexity index is 578. The fourth-order valence-corrected chi connectivity index (χ4v) is 5.30. The molecule has 0 aromatic carbocycles. The standard InChI is InChI=1S/C14H24N4O2S/c1-17(13-7-8-21(19,20)10-13)9-14-15-11-16-18(14)12-5-3-2-4-6-12/h11-13H,2-10H2,1H3/t13-/m1/s1. The van der Waals surface area contributed by atoms with Gasteiger partial charge in [0.2, 0.25) is 0 Å². The predicted molar refractivity (Wildman–Crippen MR) is 80.7 cm³/mol. The van der Waals surface area contributed by atoms with E-state index in [4.69, 9.17) is 0 Å².